The number of rotatable bonds is 0. The summed E-state index contributed by atoms with van der Waals surface area (Å²) < 4.78 is 2.13. The molecule has 14 aromatic carbocycles. The standard InChI is InChI=1S/C89H53Br2N/c90-59-41-43-61-52(45-59)46-72-71(61)47-57-49-82(72)88(78-29-13-5-21-66(78)67-22-6-14-30-79(67)88)55-37-33-54(34-38-55)87(76-27-11-3-19-64(76)65-20-4-12-28-77(65)87)58-48-73-70-44-42-60(91)51-84(70)92-85(73)83(50-58)89(80-31-15-7-23-68(80)69-24-8-16-32-81(69)89)56-39-35-53(36-40-56)86(57)74-25-9-1-17-62(74)63-18-2-10-26-75(63)86/h1-45,47-51,92H,46H2. The van der Waals surface area contributed by atoms with Crippen molar-refractivity contribution in [2.75, 3.05) is 0 Å². The SMILES string of the molecule is Brc1ccc2c(c1)Cc1c-2cc2cc1C1(c3ccc(cc3)C3(c4cc(c5[nH]c6cc(Br)ccc6c5c4)C4(c5ccc(cc5)C25c2ccccc2-c2ccccc25)c2ccccc2-c2ccccc24)c2ccccc2-c2ccccc23)c2ccccc2-c2ccccc21. The first-order valence-corrected chi connectivity index (χ1v) is 33.7. The normalized spacial score (nSPS) is 15.6. The fourth-order valence-corrected chi connectivity index (χ4v) is 20.0. The van der Waals surface area contributed by atoms with E-state index in [4.69, 9.17) is 0 Å². The third-order valence-corrected chi connectivity index (χ3v) is 23.6. The monoisotopic (exact) mass is 1290 g/mol. The summed E-state index contributed by atoms with van der Waals surface area (Å²) in [5, 5.41) is 2.38. The van der Waals surface area contributed by atoms with E-state index in [0.29, 0.717) is 0 Å². The molecule has 24 rings (SSSR count). The molecule has 0 radical (unpaired) electrons. The van der Waals surface area contributed by atoms with Crippen molar-refractivity contribution in [1.82, 2.24) is 4.98 Å². The molecule has 0 saturated heterocycles. The van der Waals surface area contributed by atoms with Crippen molar-refractivity contribution >= 4 is 53.7 Å². The van der Waals surface area contributed by atoms with Crippen molar-refractivity contribution in [3.8, 4) is 55.6 Å². The number of hydrogen-bond acceptors (Lipinski definition) is 0. The second kappa shape index (κ2) is 18.3. The lowest BCUT2D eigenvalue weighted by atomic mass is 9.60. The minimum Gasteiger partial charge on any atom is -0.354 e. The van der Waals surface area contributed by atoms with E-state index in [1.54, 1.807) is 0 Å². The van der Waals surface area contributed by atoms with Crippen LogP contribution in [-0.2, 0) is 28.1 Å². The number of fused-ring (bicyclic) bond motifs is 18. The Hall–Kier alpha value is -10.2. The lowest BCUT2D eigenvalue weighted by Gasteiger charge is -2.41. The number of aromatic amines is 1. The third kappa shape index (κ3) is 6.16. The Morgan fingerprint density at radius 2 is 0.576 bits per heavy atom. The number of benzene rings is 14. The minimum absolute atomic E-state index is 0.752. The average Bonchev–Trinajstić information content (AvgIpc) is 1.48. The van der Waals surface area contributed by atoms with E-state index >= 15 is 0 Å². The van der Waals surface area contributed by atoms with Gasteiger partial charge in [-0.15, -0.1) is 0 Å². The fourth-order valence-electron chi connectivity index (χ4n) is 19.3. The molecule has 0 atom stereocenters. The minimum atomic E-state index is -0.806. The molecule has 1 aromatic heterocycles. The Balaban J connectivity index is 0.993. The topological polar surface area (TPSA) is 15.8 Å². The zero-order valence-corrected chi connectivity index (χ0v) is 53.0. The maximum absolute atomic E-state index is 4.19. The molecule has 0 fully saturated rings. The first-order valence-electron chi connectivity index (χ1n) is 32.1. The van der Waals surface area contributed by atoms with Gasteiger partial charge in [0.05, 0.1) is 27.2 Å². The van der Waals surface area contributed by atoms with Gasteiger partial charge in [0.25, 0.3) is 0 Å². The van der Waals surface area contributed by atoms with Crippen LogP contribution in [-0.4, -0.2) is 4.98 Å². The quantitative estimate of drug-likeness (QED) is 0.156. The zero-order chi connectivity index (χ0) is 60.4. The number of halogens is 2. The van der Waals surface area contributed by atoms with Crippen LogP contribution in [0.15, 0.2) is 312 Å². The summed E-state index contributed by atoms with van der Waals surface area (Å²) in [7, 11) is 0. The van der Waals surface area contributed by atoms with Gasteiger partial charge in [0.2, 0.25) is 0 Å². The molecule has 4 spiro atoms. The van der Waals surface area contributed by atoms with Gasteiger partial charge in [0.1, 0.15) is 0 Å². The van der Waals surface area contributed by atoms with Crippen molar-refractivity contribution < 1.29 is 0 Å². The summed E-state index contributed by atoms with van der Waals surface area (Å²) in [6, 6.07) is 119. The maximum Gasteiger partial charge on any atom is 0.0734 e. The Kier molecular flexibility index (Phi) is 10.3. The summed E-state index contributed by atoms with van der Waals surface area (Å²) in [6.07, 6.45) is 0.802. The largest absolute Gasteiger partial charge is 0.354 e. The molecule has 15 aromatic rings. The van der Waals surface area contributed by atoms with E-state index in [9.17, 15) is 0 Å². The van der Waals surface area contributed by atoms with Crippen LogP contribution in [0.5, 0.6) is 0 Å². The smallest absolute Gasteiger partial charge is 0.0734 e. The second-order valence-electron chi connectivity index (χ2n) is 26.3. The number of hydrogen-bond donors (Lipinski definition) is 1. The predicted molar refractivity (Wildman–Crippen MR) is 382 cm³/mol. The van der Waals surface area contributed by atoms with Crippen molar-refractivity contribution in [1.29, 1.82) is 0 Å². The van der Waals surface area contributed by atoms with Crippen LogP contribution < -0.4 is 0 Å². The molecule has 9 aliphatic rings. The molecule has 428 valence electrons. The highest BCUT2D eigenvalue weighted by Gasteiger charge is 2.55. The summed E-state index contributed by atoms with van der Waals surface area (Å²) in [5.74, 6) is 0. The number of nitrogens with one attached hydrogen (secondary N) is 1. The van der Waals surface area contributed by atoms with Crippen LogP contribution in [0.1, 0.15) is 100 Å². The van der Waals surface area contributed by atoms with E-state index in [1.807, 2.05) is 0 Å². The molecular formula is C89H53Br2N. The summed E-state index contributed by atoms with van der Waals surface area (Å²) in [4.78, 5) is 4.19. The molecule has 92 heavy (non-hydrogen) atoms. The molecule has 1 N–H and O–H groups in total. The van der Waals surface area contributed by atoms with Gasteiger partial charge in [-0.25, -0.2) is 0 Å². The summed E-state index contributed by atoms with van der Waals surface area (Å²) >= 11 is 7.91. The van der Waals surface area contributed by atoms with E-state index in [0.717, 1.165) is 26.4 Å². The Bertz CT molecular complexity index is 5600. The molecular weight excluding hydrogens is 1240 g/mol. The molecule has 3 heteroatoms. The molecule has 0 saturated carbocycles. The van der Waals surface area contributed by atoms with Gasteiger partial charge in [-0.1, -0.05) is 299 Å². The highest BCUT2D eigenvalue weighted by molar-refractivity contribution is 9.10. The van der Waals surface area contributed by atoms with Gasteiger partial charge in [-0.3, -0.25) is 0 Å². The molecule has 0 unspecified atom stereocenters. The highest BCUT2D eigenvalue weighted by atomic mass is 79.9. The van der Waals surface area contributed by atoms with E-state index in [-0.39, 0.29) is 0 Å². The molecule has 0 aliphatic heterocycles. The molecule has 1 heterocycles. The third-order valence-electron chi connectivity index (χ3n) is 22.6. The first kappa shape index (κ1) is 51.6. The van der Waals surface area contributed by atoms with E-state index in [2.05, 4.69) is 340 Å². The van der Waals surface area contributed by atoms with Gasteiger partial charge < -0.3 is 4.98 Å². The van der Waals surface area contributed by atoms with Gasteiger partial charge >= 0.3 is 0 Å². The molecule has 1 nitrogen and oxygen atoms in total. The summed E-state index contributed by atoms with van der Waals surface area (Å²) in [6.45, 7) is 0. The van der Waals surface area contributed by atoms with Crippen LogP contribution in [0.25, 0.3) is 77.4 Å². The highest BCUT2D eigenvalue weighted by Crippen LogP contribution is 2.66. The second-order valence-corrected chi connectivity index (χ2v) is 28.1. The van der Waals surface area contributed by atoms with Crippen molar-refractivity contribution in [2.24, 2.45) is 0 Å². The van der Waals surface area contributed by atoms with Crippen LogP contribution in [0.4, 0.5) is 0 Å². The Labute approximate surface area is 550 Å². The van der Waals surface area contributed by atoms with Crippen LogP contribution in [0.3, 0.4) is 0 Å². The predicted octanol–water partition coefficient (Wildman–Crippen LogP) is 22.2. The lowest BCUT2D eigenvalue weighted by Crippen LogP contribution is -2.34. The molecule has 8 bridgehead atoms. The van der Waals surface area contributed by atoms with Gasteiger partial charge in [-0.05, 0) is 199 Å². The van der Waals surface area contributed by atoms with Crippen LogP contribution in [0, 0.1) is 0 Å². The fraction of sp³-hybridized carbons (Fsp3) is 0.0562. The van der Waals surface area contributed by atoms with Crippen LogP contribution >= 0.6 is 31.9 Å². The zero-order valence-electron chi connectivity index (χ0n) is 49.8. The Morgan fingerprint density at radius 1 is 0.239 bits per heavy atom. The van der Waals surface area contributed by atoms with E-state index < -0.39 is 21.7 Å². The number of aromatic nitrogens is 1. The summed E-state index contributed by atoms with van der Waals surface area (Å²) in [5.41, 5.74) is 34.8. The lowest BCUT2D eigenvalue weighted by molar-refractivity contribution is 0.722. The van der Waals surface area contributed by atoms with Crippen molar-refractivity contribution in [3.05, 3.63) is 412 Å². The van der Waals surface area contributed by atoms with Gasteiger partial charge in [-0.2, -0.15) is 0 Å². The number of H-pyrrole nitrogens is 1. The van der Waals surface area contributed by atoms with Gasteiger partial charge in [0.15, 0.2) is 0 Å². The van der Waals surface area contributed by atoms with Crippen molar-refractivity contribution in [2.45, 2.75) is 28.1 Å². The molecule has 9 aliphatic carbocycles. The average molecular weight is 1300 g/mol. The first-order chi connectivity index (χ1) is 45.4. The van der Waals surface area contributed by atoms with Crippen molar-refractivity contribution in [3.63, 3.8) is 0 Å². The van der Waals surface area contributed by atoms with Crippen LogP contribution in [0.2, 0.25) is 0 Å². The maximum atomic E-state index is 4.19. The Morgan fingerprint density at radius 3 is 1.00 bits per heavy atom. The molecule has 0 amide bonds. The van der Waals surface area contributed by atoms with Gasteiger partial charge in [0, 0.05) is 25.2 Å². The van der Waals surface area contributed by atoms with E-state index in [1.165, 1.54) is 167 Å².